The van der Waals surface area contributed by atoms with Gasteiger partial charge in [-0.2, -0.15) is 10.2 Å². The lowest BCUT2D eigenvalue weighted by atomic mass is 10.1. The van der Waals surface area contributed by atoms with Crippen molar-refractivity contribution in [2.45, 2.75) is 13.1 Å². The fourth-order valence-electron chi connectivity index (χ4n) is 2.97. The average molecular weight is 505 g/mol. The van der Waals surface area contributed by atoms with Gasteiger partial charge in [-0.05, 0) is 45.3 Å². The van der Waals surface area contributed by atoms with Gasteiger partial charge in [0.2, 0.25) is 0 Å². The van der Waals surface area contributed by atoms with Crippen LogP contribution in [-0.2, 0) is 13.1 Å². The molecule has 0 aliphatic carbocycles. The molecule has 4 aromatic rings. The minimum Gasteiger partial charge on any atom is -0.304 e. The number of nitrogens with zero attached hydrogens (tertiary/aromatic N) is 4. The zero-order valence-corrected chi connectivity index (χ0v) is 18.7. The van der Waals surface area contributed by atoms with Crippen molar-refractivity contribution < 1.29 is 4.79 Å². The quantitative estimate of drug-likeness (QED) is 0.377. The van der Waals surface area contributed by atoms with Gasteiger partial charge in [-0.1, -0.05) is 53.5 Å². The first kappa shape index (κ1) is 20.7. The smallest absolute Gasteiger partial charge is 0.256 e. The predicted molar refractivity (Wildman–Crippen MR) is 121 cm³/mol. The van der Waals surface area contributed by atoms with E-state index in [4.69, 9.17) is 23.2 Å². The number of carbonyl (C=O) groups is 1. The van der Waals surface area contributed by atoms with E-state index in [9.17, 15) is 4.79 Å². The molecular weight excluding hydrogens is 489 g/mol. The largest absolute Gasteiger partial charge is 0.304 e. The Morgan fingerprint density at radius 2 is 1.83 bits per heavy atom. The number of amides is 1. The van der Waals surface area contributed by atoms with Crippen LogP contribution in [0, 0.1) is 0 Å². The fraction of sp³-hybridized carbons (Fsp3) is 0.0952. The molecule has 2 aromatic heterocycles. The van der Waals surface area contributed by atoms with Crippen molar-refractivity contribution in [1.82, 2.24) is 19.6 Å². The van der Waals surface area contributed by atoms with Crippen molar-refractivity contribution >= 4 is 50.9 Å². The number of hydrogen-bond donors (Lipinski definition) is 1. The molecule has 0 saturated carbocycles. The summed E-state index contributed by atoms with van der Waals surface area (Å²) in [4.78, 5) is 12.7. The third-order valence-electron chi connectivity index (χ3n) is 4.37. The van der Waals surface area contributed by atoms with Gasteiger partial charge in [0.15, 0.2) is 5.82 Å². The standard InChI is InChI=1S/C21H16BrCl2N5O/c22-17-9-25-28(12-17)10-14-4-3-6-15(8-14)21(30)26-20-19(24)13-29(27-20)11-16-5-1-2-7-18(16)23/h1-9,12-13H,10-11H2,(H,26,27,30). The van der Waals surface area contributed by atoms with Gasteiger partial charge < -0.3 is 5.32 Å². The maximum absolute atomic E-state index is 12.7. The van der Waals surface area contributed by atoms with E-state index in [0.29, 0.717) is 34.5 Å². The lowest BCUT2D eigenvalue weighted by Gasteiger charge is -2.07. The number of halogens is 3. The molecule has 9 heteroatoms. The highest BCUT2D eigenvalue weighted by atomic mass is 79.9. The van der Waals surface area contributed by atoms with E-state index in [2.05, 4.69) is 31.4 Å². The summed E-state index contributed by atoms with van der Waals surface area (Å²) in [6.07, 6.45) is 5.25. The summed E-state index contributed by atoms with van der Waals surface area (Å²) in [5, 5.41) is 12.4. The van der Waals surface area contributed by atoms with Gasteiger partial charge in [0, 0.05) is 23.0 Å². The summed E-state index contributed by atoms with van der Waals surface area (Å²) in [7, 11) is 0. The van der Waals surface area contributed by atoms with Crippen LogP contribution in [0.3, 0.4) is 0 Å². The SMILES string of the molecule is O=C(Nc1nn(Cc2ccccc2Cl)cc1Cl)c1cccc(Cn2cc(Br)cn2)c1. The monoisotopic (exact) mass is 503 g/mol. The lowest BCUT2D eigenvalue weighted by molar-refractivity contribution is 0.102. The molecule has 0 bridgehead atoms. The molecule has 6 nitrogen and oxygen atoms in total. The molecule has 30 heavy (non-hydrogen) atoms. The summed E-state index contributed by atoms with van der Waals surface area (Å²) in [5.74, 6) is 0.0125. The second-order valence-electron chi connectivity index (χ2n) is 6.63. The van der Waals surface area contributed by atoms with Crippen molar-refractivity contribution in [3.05, 3.63) is 98.3 Å². The maximum Gasteiger partial charge on any atom is 0.256 e. The van der Waals surface area contributed by atoms with Crippen LogP contribution in [0.4, 0.5) is 5.82 Å². The Morgan fingerprint density at radius 3 is 2.60 bits per heavy atom. The van der Waals surface area contributed by atoms with Crippen LogP contribution in [0.15, 0.2) is 71.6 Å². The molecule has 0 radical (unpaired) electrons. The Hall–Kier alpha value is -2.61. The van der Waals surface area contributed by atoms with Gasteiger partial charge in [0.05, 0.1) is 23.8 Å². The minimum atomic E-state index is -0.289. The second kappa shape index (κ2) is 9.04. The van der Waals surface area contributed by atoms with E-state index in [0.717, 1.165) is 15.6 Å². The maximum atomic E-state index is 12.7. The fourth-order valence-corrected chi connectivity index (χ4v) is 3.69. The Bertz CT molecular complexity index is 1200. The lowest BCUT2D eigenvalue weighted by Crippen LogP contribution is -2.14. The van der Waals surface area contributed by atoms with Crippen molar-refractivity contribution in [2.24, 2.45) is 0 Å². The number of hydrogen-bond acceptors (Lipinski definition) is 3. The summed E-state index contributed by atoms with van der Waals surface area (Å²) in [6.45, 7) is 1.00. The summed E-state index contributed by atoms with van der Waals surface area (Å²) in [6, 6.07) is 14.8. The van der Waals surface area contributed by atoms with Crippen LogP contribution in [0.25, 0.3) is 0 Å². The Morgan fingerprint density at radius 1 is 1.00 bits per heavy atom. The molecule has 0 fully saturated rings. The van der Waals surface area contributed by atoms with Gasteiger partial charge in [0.1, 0.15) is 5.02 Å². The molecule has 2 heterocycles. The van der Waals surface area contributed by atoms with Crippen molar-refractivity contribution in [3.63, 3.8) is 0 Å². The predicted octanol–water partition coefficient (Wildman–Crippen LogP) is 5.50. The van der Waals surface area contributed by atoms with E-state index in [1.54, 1.807) is 27.8 Å². The number of nitrogens with one attached hydrogen (secondary N) is 1. The second-order valence-corrected chi connectivity index (χ2v) is 8.36. The van der Waals surface area contributed by atoms with Gasteiger partial charge >= 0.3 is 0 Å². The molecule has 4 rings (SSSR count). The molecule has 152 valence electrons. The van der Waals surface area contributed by atoms with Gasteiger partial charge in [0.25, 0.3) is 5.91 Å². The molecule has 0 unspecified atom stereocenters. The summed E-state index contributed by atoms with van der Waals surface area (Å²) >= 11 is 15.9. The highest BCUT2D eigenvalue weighted by Crippen LogP contribution is 2.23. The molecule has 1 N–H and O–H groups in total. The molecular formula is C21H16BrCl2N5O. The highest BCUT2D eigenvalue weighted by Gasteiger charge is 2.14. The highest BCUT2D eigenvalue weighted by molar-refractivity contribution is 9.10. The van der Waals surface area contributed by atoms with Gasteiger partial charge in [-0.15, -0.1) is 0 Å². The van der Waals surface area contributed by atoms with Crippen LogP contribution in [0.2, 0.25) is 10.0 Å². The normalized spacial score (nSPS) is 10.9. The van der Waals surface area contributed by atoms with E-state index in [1.807, 2.05) is 48.7 Å². The summed E-state index contributed by atoms with van der Waals surface area (Å²) in [5.41, 5.74) is 2.37. The van der Waals surface area contributed by atoms with Crippen molar-refractivity contribution in [1.29, 1.82) is 0 Å². The van der Waals surface area contributed by atoms with Crippen LogP contribution >= 0.6 is 39.1 Å². The van der Waals surface area contributed by atoms with Crippen molar-refractivity contribution in [2.75, 3.05) is 5.32 Å². The Balaban J connectivity index is 1.47. The Kier molecular flexibility index (Phi) is 6.22. The molecule has 0 aliphatic heterocycles. The van der Waals surface area contributed by atoms with Crippen molar-refractivity contribution in [3.8, 4) is 0 Å². The van der Waals surface area contributed by atoms with Crippen LogP contribution < -0.4 is 5.32 Å². The molecule has 2 aromatic carbocycles. The first-order valence-corrected chi connectivity index (χ1v) is 10.6. The molecule has 0 saturated heterocycles. The third kappa shape index (κ3) is 4.92. The van der Waals surface area contributed by atoms with Crippen LogP contribution in [0.5, 0.6) is 0 Å². The van der Waals surface area contributed by atoms with E-state index >= 15 is 0 Å². The third-order valence-corrected chi connectivity index (χ3v) is 5.43. The van der Waals surface area contributed by atoms with Gasteiger partial charge in [-0.3, -0.25) is 14.2 Å². The number of anilines is 1. The van der Waals surface area contributed by atoms with Crippen LogP contribution in [0.1, 0.15) is 21.5 Å². The topological polar surface area (TPSA) is 64.7 Å². The number of carbonyl (C=O) groups excluding carboxylic acids is 1. The van der Waals surface area contributed by atoms with Crippen LogP contribution in [-0.4, -0.2) is 25.5 Å². The molecule has 0 atom stereocenters. The summed E-state index contributed by atoms with van der Waals surface area (Å²) < 4.78 is 4.33. The van der Waals surface area contributed by atoms with E-state index in [1.165, 1.54) is 0 Å². The molecule has 0 spiro atoms. The van der Waals surface area contributed by atoms with E-state index in [-0.39, 0.29) is 5.91 Å². The number of rotatable bonds is 6. The first-order valence-electron chi connectivity index (χ1n) is 9.02. The zero-order valence-electron chi connectivity index (χ0n) is 15.6. The number of aromatic nitrogens is 4. The average Bonchev–Trinajstić information content (AvgIpc) is 3.28. The van der Waals surface area contributed by atoms with E-state index < -0.39 is 0 Å². The molecule has 0 aliphatic rings. The first-order chi connectivity index (χ1) is 14.5. The minimum absolute atomic E-state index is 0.289. The van der Waals surface area contributed by atoms with Gasteiger partial charge in [-0.25, -0.2) is 0 Å². The number of benzene rings is 2. The Labute approximate surface area is 191 Å². The zero-order chi connectivity index (χ0) is 21.1. The molecule has 1 amide bonds.